The number of aryl methyl sites for hydroxylation is 1. The average Bonchev–Trinajstić information content (AvgIpc) is 2.86. The minimum atomic E-state index is -4.47. The van der Waals surface area contributed by atoms with Crippen LogP contribution in [0, 0.1) is 17.0 Å². The Hall–Kier alpha value is -2.98. The molecule has 0 saturated carbocycles. The van der Waals surface area contributed by atoms with E-state index in [-0.39, 0.29) is 43.9 Å². The van der Waals surface area contributed by atoms with Crippen LogP contribution in [-0.2, 0) is 26.0 Å². The van der Waals surface area contributed by atoms with E-state index in [0.29, 0.717) is 17.5 Å². The number of ether oxygens (including phenoxy) is 2. The van der Waals surface area contributed by atoms with Crippen molar-refractivity contribution in [2.24, 2.45) is 0 Å². The molecule has 0 radical (unpaired) electrons. The van der Waals surface area contributed by atoms with E-state index in [1.54, 1.807) is 26.8 Å². The van der Waals surface area contributed by atoms with Gasteiger partial charge in [0.15, 0.2) is 0 Å². The van der Waals surface area contributed by atoms with E-state index >= 15 is 0 Å². The maximum Gasteiger partial charge on any atom is 0.416 e. The first-order valence-corrected chi connectivity index (χ1v) is 12.3. The van der Waals surface area contributed by atoms with Gasteiger partial charge in [-0.2, -0.15) is 13.2 Å². The number of benzene rings is 2. The summed E-state index contributed by atoms with van der Waals surface area (Å²) in [4.78, 5) is 23.6. The lowest BCUT2D eigenvalue weighted by molar-refractivity contribution is -0.573. The summed E-state index contributed by atoms with van der Waals surface area (Å²) < 4.78 is 51.1. The third kappa shape index (κ3) is 6.87. The summed E-state index contributed by atoms with van der Waals surface area (Å²) in [6.45, 7) is 5.29. The van der Waals surface area contributed by atoms with Crippen molar-refractivity contribution in [1.29, 1.82) is 0 Å². The highest BCUT2D eigenvalue weighted by atomic mass is 19.4. The molecule has 3 rings (SSSR count). The van der Waals surface area contributed by atoms with E-state index < -0.39 is 34.9 Å². The van der Waals surface area contributed by atoms with Crippen LogP contribution < -0.4 is 5.32 Å². The summed E-state index contributed by atoms with van der Waals surface area (Å²) in [6, 6.07) is 13.2. The monoisotopic (exact) mass is 522 g/mol. The highest BCUT2D eigenvalue weighted by molar-refractivity contribution is 5.69. The smallest absolute Gasteiger partial charge is 0.416 e. The molecular formula is C27H33F3N2O5. The van der Waals surface area contributed by atoms with Gasteiger partial charge in [0.2, 0.25) is 5.54 Å². The molecular weight excluding hydrogens is 489 g/mol. The van der Waals surface area contributed by atoms with Gasteiger partial charge in [0.25, 0.3) is 0 Å². The fourth-order valence-corrected chi connectivity index (χ4v) is 4.77. The van der Waals surface area contributed by atoms with Crippen molar-refractivity contribution < 1.29 is 32.4 Å². The molecule has 0 aliphatic carbocycles. The lowest BCUT2D eigenvalue weighted by Crippen LogP contribution is -2.61. The van der Waals surface area contributed by atoms with Gasteiger partial charge in [-0.25, -0.2) is 0 Å². The fraction of sp³-hybridized carbons (Fsp3) is 0.519. The topological polar surface area (TPSA) is 90.7 Å². The summed E-state index contributed by atoms with van der Waals surface area (Å²) in [6.07, 6.45) is -4.59. The number of rotatable bonds is 10. The zero-order valence-corrected chi connectivity index (χ0v) is 21.3. The minimum absolute atomic E-state index is 0.00864. The summed E-state index contributed by atoms with van der Waals surface area (Å²) in [7, 11) is 0. The molecule has 202 valence electrons. The second-order valence-corrected chi connectivity index (χ2v) is 9.67. The summed E-state index contributed by atoms with van der Waals surface area (Å²) in [5, 5.41) is 15.4. The SMILES string of the molecule is CCOC(=O)CC[C@]1([N+](=O)[O-])CC[C@@](CO[C@H](C)c2cc(C)cc(C(F)(F)F)c2)(c2ccccc2)NC1. The van der Waals surface area contributed by atoms with Gasteiger partial charge in [-0.05, 0) is 50.5 Å². The molecule has 0 unspecified atom stereocenters. The third-order valence-electron chi connectivity index (χ3n) is 7.06. The highest BCUT2D eigenvalue weighted by Gasteiger charge is 2.51. The van der Waals surface area contributed by atoms with Crippen LogP contribution in [0.4, 0.5) is 13.2 Å². The molecule has 0 spiro atoms. The van der Waals surface area contributed by atoms with E-state index in [9.17, 15) is 28.1 Å². The Morgan fingerprint density at radius 2 is 1.89 bits per heavy atom. The van der Waals surface area contributed by atoms with Crippen LogP contribution in [0.3, 0.4) is 0 Å². The second kappa shape index (κ2) is 11.6. The Kier molecular flexibility index (Phi) is 8.96. The molecule has 0 aromatic heterocycles. The Balaban J connectivity index is 1.81. The number of hydrogen-bond donors (Lipinski definition) is 1. The molecule has 2 aromatic rings. The Bertz CT molecular complexity index is 1080. The van der Waals surface area contributed by atoms with Crippen LogP contribution in [0.2, 0.25) is 0 Å². The standard InChI is InChI=1S/C27H33F3N2O5/c1-4-36-24(33)10-11-25(32(34)35)12-13-26(31-17-25,22-8-6-5-7-9-22)18-37-20(3)21-14-19(2)15-23(16-21)27(28,29)30/h5-9,14-16,20,31H,4,10-13,17-18H2,1-3H3/t20-,25+,26-/m1/s1. The maximum absolute atomic E-state index is 13.3. The Morgan fingerprint density at radius 1 is 1.19 bits per heavy atom. The molecule has 1 saturated heterocycles. The van der Waals surface area contributed by atoms with Crippen molar-refractivity contribution >= 4 is 5.97 Å². The lowest BCUT2D eigenvalue weighted by atomic mass is 9.75. The zero-order valence-electron chi connectivity index (χ0n) is 21.3. The molecule has 7 nitrogen and oxygen atoms in total. The highest BCUT2D eigenvalue weighted by Crippen LogP contribution is 2.39. The number of carbonyl (C=O) groups excluding carboxylic acids is 1. The molecule has 1 heterocycles. The number of alkyl halides is 3. The third-order valence-corrected chi connectivity index (χ3v) is 7.06. The van der Waals surface area contributed by atoms with Crippen LogP contribution in [0.25, 0.3) is 0 Å². The molecule has 37 heavy (non-hydrogen) atoms. The first kappa shape index (κ1) is 28.6. The number of esters is 1. The van der Waals surface area contributed by atoms with Gasteiger partial charge < -0.3 is 9.47 Å². The lowest BCUT2D eigenvalue weighted by Gasteiger charge is -2.44. The Labute approximate surface area is 214 Å². The number of nitrogens with one attached hydrogen (secondary N) is 1. The Morgan fingerprint density at radius 3 is 2.46 bits per heavy atom. The second-order valence-electron chi connectivity index (χ2n) is 9.67. The number of hydrogen-bond acceptors (Lipinski definition) is 6. The van der Waals surface area contributed by atoms with Crippen LogP contribution in [-0.4, -0.2) is 36.2 Å². The molecule has 10 heteroatoms. The molecule has 1 aliphatic heterocycles. The van der Waals surface area contributed by atoms with E-state index in [4.69, 9.17) is 9.47 Å². The first-order chi connectivity index (χ1) is 17.4. The molecule has 0 amide bonds. The van der Waals surface area contributed by atoms with E-state index in [2.05, 4.69) is 5.32 Å². The van der Waals surface area contributed by atoms with E-state index in [0.717, 1.165) is 17.7 Å². The normalized spacial score (nSPS) is 22.9. The van der Waals surface area contributed by atoms with Crippen molar-refractivity contribution in [2.75, 3.05) is 19.8 Å². The maximum atomic E-state index is 13.3. The van der Waals surface area contributed by atoms with Crippen molar-refractivity contribution in [3.05, 3.63) is 80.9 Å². The van der Waals surface area contributed by atoms with Crippen LogP contribution in [0.15, 0.2) is 48.5 Å². The number of nitro groups is 1. The van der Waals surface area contributed by atoms with Crippen LogP contribution in [0.5, 0.6) is 0 Å². The number of carbonyl (C=O) groups is 1. The minimum Gasteiger partial charge on any atom is -0.466 e. The van der Waals surface area contributed by atoms with Crippen molar-refractivity contribution in [2.45, 2.75) is 69.8 Å². The number of halogens is 3. The molecule has 1 aliphatic rings. The first-order valence-electron chi connectivity index (χ1n) is 12.3. The van der Waals surface area contributed by atoms with Gasteiger partial charge in [-0.1, -0.05) is 42.0 Å². The van der Waals surface area contributed by atoms with E-state index in [1.807, 2.05) is 30.3 Å². The van der Waals surface area contributed by atoms with Crippen LogP contribution in [0.1, 0.15) is 67.9 Å². The van der Waals surface area contributed by atoms with Crippen molar-refractivity contribution in [3.8, 4) is 0 Å². The average molecular weight is 523 g/mol. The predicted molar refractivity (Wildman–Crippen MR) is 131 cm³/mol. The summed E-state index contributed by atoms with van der Waals surface area (Å²) >= 11 is 0. The molecule has 1 fully saturated rings. The zero-order chi connectivity index (χ0) is 27.3. The van der Waals surface area contributed by atoms with Gasteiger partial charge in [0.1, 0.15) is 0 Å². The van der Waals surface area contributed by atoms with Crippen LogP contribution >= 0.6 is 0 Å². The molecule has 0 bridgehead atoms. The number of piperidine rings is 1. The summed E-state index contributed by atoms with van der Waals surface area (Å²) in [5.74, 6) is -0.475. The van der Waals surface area contributed by atoms with E-state index in [1.165, 1.54) is 0 Å². The molecule has 2 aromatic carbocycles. The van der Waals surface area contributed by atoms with Crippen molar-refractivity contribution in [3.63, 3.8) is 0 Å². The van der Waals surface area contributed by atoms with Gasteiger partial charge in [-0.3, -0.25) is 20.2 Å². The van der Waals surface area contributed by atoms with Gasteiger partial charge >= 0.3 is 12.1 Å². The molecule has 3 atom stereocenters. The van der Waals surface area contributed by atoms with Crippen molar-refractivity contribution in [1.82, 2.24) is 5.32 Å². The molecule has 1 N–H and O–H groups in total. The number of nitrogens with zero attached hydrogens (tertiary/aromatic N) is 1. The van der Waals surface area contributed by atoms with Gasteiger partial charge in [0.05, 0.1) is 43.4 Å². The predicted octanol–water partition coefficient (Wildman–Crippen LogP) is 5.73. The quantitative estimate of drug-likeness (QED) is 0.244. The van der Waals surface area contributed by atoms with Gasteiger partial charge in [0, 0.05) is 17.8 Å². The fourth-order valence-electron chi connectivity index (χ4n) is 4.77. The largest absolute Gasteiger partial charge is 0.466 e. The summed E-state index contributed by atoms with van der Waals surface area (Å²) in [5.41, 5.74) is -1.11. The van der Waals surface area contributed by atoms with Gasteiger partial charge in [-0.15, -0.1) is 0 Å².